The van der Waals surface area contributed by atoms with Gasteiger partial charge in [-0.3, -0.25) is 9.59 Å². The molecule has 302 valence electrons. The van der Waals surface area contributed by atoms with Crippen molar-refractivity contribution in [3.8, 4) is 28.1 Å². The third-order valence-electron chi connectivity index (χ3n) is 9.80. The van der Waals surface area contributed by atoms with Gasteiger partial charge in [0, 0.05) is 57.1 Å². The fourth-order valence-electron chi connectivity index (χ4n) is 6.98. The summed E-state index contributed by atoms with van der Waals surface area (Å²) in [5.74, 6) is -0.183. The molecule has 4 N–H and O–H groups in total. The van der Waals surface area contributed by atoms with Crippen molar-refractivity contribution in [2.45, 2.75) is 38.7 Å². The highest BCUT2D eigenvalue weighted by Gasteiger charge is 2.36. The maximum atomic E-state index is 13.7. The van der Waals surface area contributed by atoms with E-state index in [2.05, 4.69) is 40.4 Å². The minimum Gasteiger partial charge on any atom is -0.453 e. The molecular weight excluding hydrogens is 771 g/mol. The number of amides is 5. The summed E-state index contributed by atoms with van der Waals surface area (Å²) in [6, 6.07) is 11.5. The van der Waals surface area contributed by atoms with Gasteiger partial charge in [0.1, 0.15) is 23.9 Å². The van der Waals surface area contributed by atoms with Crippen LogP contribution < -0.4 is 25.6 Å². The Morgan fingerprint density at radius 1 is 0.965 bits per heavy atom. The Morgan fingerprint density at radius 3 is 2.35 bits per heavy atom. The lowest BCUT2D eigenvalue weighted by Gasteiger charge is -2.40. The topological polar surface area (TPSA) is 174 Å². The molecule has 0 radical (unpaired) electrons. The van der Waals surface area contributed by atoms with Crippen molar-refractivity contribution in [2.24, 2.45) is 5.92 Å². The third kappa shape index (κ3) is 9.50. The van der Waals surface area contributed by atoms with E-state index in [-0.39, 0.29) is 58.3 Å². The zero-order valence-corrected chi connectivity index (χ0v) is 32.2. The summed E-state index contributed by atoms with van der Waals surface area (Å²) in [6.07, 6.45) is -2.15. The summed E-state index contributed by atoms with van der Waals surface area (Å²) in [7, 11) is 2.79. The Kier molecular flexibility index (Phi) is 12.1. The minimum absolute atomic E-state index is 0.0265. The van der Waals surface area contributed by atoms with Gasteiger partial charge in [0.15, 0.2) is 0 Å². The summed E-state index contributed by atoms with van der Waals surface area (Å²) in [4.78, 5) is 67.3. The number of imidazole rings is 1. The molecule has 19 heteroatoms. The second kappa shape index (κ2) is 17.0. The van der Waals surface area contributed by atoms with Crippen LogP contribution >= 0.6 is 11.6 Å². The fourth-order valence-corrected chi connectivity index (χ4v) is 7.19. The number of hydrogen-bond acceptors (Lipinski definition) is 9. The van der Waals surface area contributed by atoms with Gasteiger partial charge in [0.05, 0.1) is 41.3 Å². The van der Waals surface area contributed by atoms with Gasteiger partial charge in [0.2, 0.25) is 5.91 Å². The highest BCUT2D eigenvalue weighted by Crippen LogP contribution is 2.41. The molecule has 5 amide bonds. The Bertz CT molecular complexity index is 2120. The third-order valence-corrected chi connectivity index (χ3v) is 10.1. The van der Waals surface area contributed by atoms with Crippen molar-refractivity contribution in [2.75, 3.05) is 57.1 Å². The molecule has 3 atom stereocenters. The molecule has 6 rings (SSSR count). The van der Waals surface area contributed by atoms with E-state index in [4.69, 9.17) is 11.6 Å². The first kappa shape index (κ1) is 40.6. The van der Waals surface area contributed by atoms with Crippen LogP contribution in [-0.4, -0.2) is 108 Å². The maximum Gasteiger partial charge on any atom is 0.573 e. The van der Waals surface area contributed by atoms with Crippen LogP contribution in [0.4, 0.5) is 34.3 Å². The van der Waals surface area contributed by atoms with Crippen molar-refractivity contribution >= 4 is 47.0 Å². The van der Waals surface area contributed by atoms with Gasteiger partial charge in [-0.2, -0.15) is 0 Å². The van der Waals surface area contributed by atoms with E-state index in [1.807, 2.05) is 18.7 Å². The number of alkyl carbamates (subject to hydrolysis) is 1. The maximum absolute atomic E-state index is 13.7. The summed E-state index contributed by atoms with van der Waals surface area (Å²) in [6.45, 7) is 5.75. The van der Waals surface area contributed by atoms with Crippen molar-refractivity contribution in [1.82, 2.24) is 35.4 Å². The number of piperazine rings is 1. The first-order valence-corrected chi connectivity index (χ1v) is 18.4. The number of carbonyl (C=O) groups is 4. The van der Waals surface area contributed by atoms with Gasteiger partial charge in [-0.25, -0.2) is 19.6 Å². The van der Waals surface area contributed by atoms with Crippen LogP contribution in [0.3, 0.4) is 0 Å². The van der Waals surface area contributed by atoms with E-state index in [1.165, 1.54) is 19.4 Å². The Labute approximate surface area is 330 Å². The molecule has 4 aromatic rings. The summed E-state index contributed by atoms with van der Waals surface area (Å²) in [5.41, 5.74) is 1.69. The molecule has 0 saturated carbocycles. The van der Waals surface area contributed by atoms with Crippen LogP contribution in [0.15, 0.2) is 60.9 Å². The number of nitrogens with one attached hydrogen (secondary N) is 4. The molecule has 2 aromatic carbocycles. The van der Waals surface area contributed by atoms with E-state index in [0.717, 1.165) is 6.07 Å². The average molecular weight is 812 g/mol. The molecule has 2 fully saturated rings. The van der Waals surface area contributed by atoms with Crippen LogP contribution in [-0.2, 0) is 9.53 Å². The van der Waals surface area contributed by atoms with E-state index in [9.17, 15) is 32.3 Å². The number of methoxy groups -OCH3 is 1. The van der Waals surface area contributed by atoms with Crippen LogP contribution in [0.1, 0.15) is 42.5 Å². The number of urea groups is 1. The number of ether oxygens (including phenoxy) is 2. The number of carbonyl (C=O) groups excluding carboxylic acids is 4. The normalized spacial score (nSPS) is 18.2. The molecule has 15 nitrogen and oxygen atoms in total. The Hall–Kier alpha value is -6.04. The monoisotopic (exact) mass is 811 g/mol. The molecule has 2 saturated heterocycles. The smallest absolute Gasteiger partial charge is 0.453 e. The number of pyridine rings is 1. The molecule has 0 bridgehead atoms. The molecule has 2 aliphatic rings. The van der Waals surface area contributed by atoms with E-state index < -0.39 is 24.1 Å². The number of hydrogen-bond donors (Lipinski definition) is 4. The zero-order chi connectivity index (χ0) is 41.0. The molecular formula is C38H41ClF3N9O6. The quantitative estimate of drug-likeness (QED) is 0.157. The van der Waals surface area contributed by atoms with Gasteiger partial charge in [-0.1, -0.05) is 42.8 Å². The van der Waals surface area contributed by atoms with Crippen LogP contribution in [0.5, 0.6) is 5.75 Å². The number of nitrogens with zero attached hydrogens (tertiary/aromatic N) is 5. The Balaban J connectivity index is 1.16. The molecule has 57 heavy (non-hydrogen) atoms. The first-order chi connectivity index (χ1) is 27.1. The zero-order valence-electron chi connectivity index (χ0n) is 31.4. The second-order valence-electron chi connectivity index (χ2n) is 13.8. The number of aromatic nitrogens is 3. The summed E-state index contributed by atoms with van der Waals surface area (Å²) in [5, 5.41) is 7.57. The Morgan fingerprint density at radius 2 is 1.70 bits per heavy atom. The van der Waals surface area contributed by atoms with Gasteiger partial charge in [-0.05, 0) is 48.6 Å². The predicted molar refractivity (Wildman–Crippen MR) is 205 cm³/mol. The average Bonchev–Trinajstić information content (AvgIpc) is 3.84. The first-order valence-electron chi connectivity index (χ1n) is 18.0. The molecule has 3 unspecified atom stereocenters. The second-order valence-corrected chi connectivity index (χ2v) is 14.2. The highest BCUT2D eigenvalue weighted by molar-refractivity contribution is 6.34. The standard InChI is InChI=1S/C38H41ClF3N9O6/c1-21-13-30(51(19-21)33(52)18-46-37(55)56-4)34-45-17-29(47-34)24-7-5-23(6-8-24)26-14-27(39)28(15-31(26)57-38(40,41)42)48-35(53)25-9-10-32(44-16-25)49-11-12-50(22(2)20-49)36(54)43-3/h5-10,14-17,21-22,30H,11-13,18-20H2,1-4H3,(H,43,54)(H,45,47)(H,46,55)(H,48,53). The van der Waals surface area contributed by atoms with Crippen molar-refractivity contribution in [3.05, 3.63) is 77.3 Å². The largest absolute Gasteiger partial charge is 0.573 e. The van der Waals surface area contributed by atoms with Crippen molar-refractivity contribution in [3.63, 3.8) is 0 Å². The number of H-pyrrole nitrogens is 1. The number of aromatic amines is 1. The lowest BCUT2D eigenvalue weighted by Crippen LogP contribution is -2.56. The molecule has 0 aliphatic carbocycles. The van der Waals surface area contributed by atoms with Crippen molar-refractivity contribution < 1.29 is 41.8 Å². The summed E-state index contributed by atoms with van der Waals surface area (Å²) < 4.78 is 50.0. The highest BCUT2D eigenvalue weighted by atomic mass is 35.5. The SMILES string of the molecule is CNC(=O)N1CCN(c2ccc(C(=O)Nc3cc(OC(F)(F)F)c(-c4ccc(-c5cnc(C6CC(C)CN6C(=O)CNC(=O)OC)[nH]5)cc4)cc3Cl)cn2)CC1C. The molecule has 2 aliphatic heterocycles. The molecule has 0 spiro atoms. The number of halogens is 4. The molecule has 4 heterocycles. The number of benzene rings is 2. The van der Waals surface area contributed by atoms with Gasteiger partial charge in [0.25, 0.3) is 5.91 Å². The number of rotatable bonds is 9. The van der Waals surface area contributed by atoms with E-state index >= 15 is 0 Å². The van der Waals surface area contributed by atoms with Gasteiger partial charge in [-0.15, -0.1) is 13.2 Å². The fraction of sp³-hybridized carbons (Fsp3) is 0.368. The number of likely N-dealkylation sites (tertiary alicyclic amines) is 1. The van der Waals surface area contributed by atoms with Gasteiger partial charge >= 0.3 is 18.5 Å². The lowest BCUT2D eigenvalue weighted by molar-refractivity contribution is -0.274. The number of alkyl halides is 3. The van der Waals surface area contributed by atoms with E-state index in [0.29, 0.717) is 61.1 Å². The van der Waals surface area contributed by atoms with Crippen LogP contribution in [0.25, 0.3) is 22.4 Å². The van der Waals surface area contributed by atoms with Crippen molar-refractivity contribution in [1.29, 1.82) is 0 Å². The van der Waals surface area contributed by atoms with E-state index in [1.54, 1.807) is 59.4 Å². The molecule has 2 aromatic heterocycles. The summed E-state index contributed by atoms with van der Waals surface area (Å²) >= 11 is 6.54. The van der Waals surface area contributed by atoms with Gasteiger partial charge < -0.3 is 45.1 Å². The minimum atomic E-state index is -5.05. The lowest BCUT2D eigenvalue weighted by atomic mass is 10.0. The van der Waals surface area contributed by atoms with Crippen LogP contribution in [0, 0.1) is 5.92 Å². The number of anilines is 2. The predicted octanol–water partition coefficient (Wildman–Crippen LogP) is 6.06. The van der Waals surface area contributed by atoms with Crippen LogP contribution in [0.2, 0.25) is 5.02 Å².